The minimum atomic E-state index is -0.150. The maximum atomic E-state index is 11.4. The number of ether oxygens (including phenoxy) is 1. The van der Waals surface area contributed by atoms with Gasteiger partial charge in [0, 0.05) is 17.8 Å². The summed E-state index contributed by atoms with van der Waals surface area (Å²) in [5, 5.41) is 0. The van der Waals surface area contributed by atoms with Gasteiger partial charge in [-0.05, 0) is 30.2 Å². The lowest BCUT2D eigenvalue weighted by molar-refractivity contribution is -0.154. The highest BCUT2D eigenvalue weighted by Crippen LogP contribution is 2.73. The zero-order valence-corrected chi connectivity index (χ0v) is 12.9. The van der Waals surface area contributed by atoms with E-state index in [0.29, 0.717) is 0 Å². The molecular formula is C18H24O2. The van der Waals surface area contributed by atoms with Gasteiger partial charge >= 0.3 is 5.97 Å². The van der Waals surface area contributed by atoms with Crippen molar-refractivity contribution in [2.24, 2.45) is 10.8 Å². The number of fused-ring (bicyclic) bond motifs is 2. The standard InChI is InChI=1S/C18H24O2/c1-13(19)20-15-12-18(14-8-6-5-7-9-14)11-10-17(15,4)16(18,2)3/h5-9,15H,10-12H2,1-4H3/t15-,17+,18-/m0/s1. The second-order valence-corrected chi connectivity index (χ2v) is 7.29. The SMILES string of the molecule is CC(=O)O[C@H]1C[C@]2(c3ccccc3)CC[C@@]1(C)C2(C)C. The number of rotatable bonds is 2. The van der Waals surface area contributed by atoms with Gasteiger partial charge in [-0.2, -0.15) is 0 Å². The van der Waals surface area contributed by atoms with E-state index in [-0.39, 0.29) is 28.3 Å². The van der Waals surface area contributed by atoms with E-state index in [2.05, 4.69) is 51.1 Å². The Balaban J connectivity index is 2.07. The first-order valence-corrected chi connectivity index (χ1v) is 7.56. The second kappa shape index (κ2) is 4.09. The summed E-state index contributed by atoms with van der Waals surface area (Å²) in [5.41, 5.74) is 1.77. The van der Waals surface area contributed by atoms with Crippen LogP contribution in [0.1, 0.15) is 52.5 Å². The average Bonchev–Trinajstić information content (AvgIpc) is 2.70. The van der Waals surface area contributed by atoms with Crippen molar-refractivity contribution in [3.8, 4) is 0 Å². The Kier molecular flexibility index (Phi) is 2.80. The van der Waals surface area contributed by atoms with Gasteiger partial charge in [-0.3, -0.25) is 4.79 Å². The van der Waals surface area contributed by atoms with E-state index in [0.717, 1.165) is 12.8 Å². The Bertz CT molecular complexity index is 534. The van der Waals surface area contributed by atoms with E-state index >= 15 is 0 Å². The van der Waals surface area contributed by atoms with E-state index in [1.807, 2.05) is 0 Å². The van der Waals surface area contributed by atoms with Crippen LogP contribution in [0, 0.1) is 10.8 Å². The Hall–Kier alpha value is -1.31. The van der Waals surface area contributed by atoms with Gasteiger partial charge in [-0.15, -0.1) is 0 Å². The molecule has 2 fully saturated rings. The number of benzene rings is 1. The molecule has 0 heterocycles. The fraction of sp³-hybridized carbons (Fsp3) is 0.611. The van der Waals surface area contributed by atoms with Crippen LogP contribution in [-0.4, -0.2) is 12.1 Å². The summed E-state index contributed by atoms with van der Waals surface area (Å²) < 4.78 is 5.69. The predicted octanol–water partition coefficient (Wildman–Crippen LogP) is 4.09. The summed E-state index contributed by atoms with van der Waals surface area (Å²) >= 11 is 0. The molecule has 0 amide bonds. The second-order valence-electron chi connectivity index (χ2n) is 7.29. The number of carbonyl (C=O) groups is 1. The molecule has 0 unspecified atom stereocenters. The van der Waals surface area contributed by atoms with Crippen molar-refractivity contribution in [3.63, 3.8) is 0 Å². The molecule has 2 nitrogen and oxygen atoms in total. The van der Waals surface area contributed by atoms with Crippen molar-refractivity contribution in [1.29, 1.82) is 0 Å². The van der Waals surface area contributed by atoms with Crippen molar-refractivity contribution in [1.82, 2.24) is 0 Å². The Morgan fingerprint density at radius 1 is 1.15 bits per heavy atom. The summed E-state index contributed by atoms with van der Waals surface area (Å²) in [6.07, 6.45) is 3.33. The highest BCUT2D eigenvalue weighted by Gasteiger charge is 2.70. The van der Waals surface area contributed by atoms with Gasteiger partial charge in [0.1, 0.15) is 6.10 Å². The van der Waals surface area contributed by atoms with E-state index in [9.17, 15) is 4.79 Å². The van der Waals surface area contributed by atoms with Crippen molar-refractivity contribution in [2.45, 2.75) is 58.5 Å². The third-order valence-corrected chi connectivity index (χ3v) is 6.57. The van der Waals surface area contributed by atoms with E-state index in [4.69, 9.17) is 4.74 Å². The van der Waals surface area contributed by atoms with Crippen LogP contribution < -0.4 is 0 Å². The van der Waals surface area contributed by atoms with Gasteiger partial charge in [-0.25, -0.2) is 0 Å². The fourth-order valence-corrected chi connectivity index (χ4v) is 4.86. The van der Waals surface area contributed by atoms with Crippen molar-refractivity contribution in [3.05, 3.63) is 35.9 Å². The zero-order valence-electron chi connectivity index (χ0n) is 12.9. The number of carbonyl (C=O) groups excluding carboxylic acids is 1. The quantitative estimate of drug-likeness (QED) is 0.758. The van der Waals surface area contributed by atoms with Crippen molar-refractivity contribution >= 4 is 5.97 Å². The molecule has 2 aliphatic carbocycles. The minimum absolute atomic E-state index is 0.0453. The lowest BCUT2D eigenvalue weighted by atomic mass is 9.62. The summed E-state index contributed by atoms with van der Waals surface area (Å²) in [4.78, 5) is 11.4. The molecule has 0 aliphatic heterocycles. The van der Waals surface area contributed by atoms with Crippen LogP contribution >= 0.6 is 0 Å². The van der Waals surface area contributed by atoms with Crippen LogP contribution in [0.5, 0.6) is 0 Å². The molecule has 2 aliphatic rings. The molecule has 0 saturated heterocycles. The zero-order chi connectivity index (χ0) is 14.6. The molecule has 1 aromatic carbocycles. The van der Waals surface area contributed by atoms with Crippen molar-refractivity contribution in [2.75, 3.05) is 0 Å². The minimum Gasteiger partial charge on any atom is -0.462 e. The summed E-state index contributed by atoms with van der Waals surface area (Å²) in [7, 11) is 0. The van der Waals surface area contributed by atoms with Gasteiger partial charge < -0.3 is 4.74 Å². The monoisotopic (exact) mass is 272 g/mol. The molecule has 0 spiro atoms. The van der Waals surface area contributed by atoms with Crippen LogP contribution in [0.2, 0.25) is 0 Å². The summed E-state index contributed by atoms with van der Waals surface area (Å²) in [6.45, 7) is 8.54. The molecule has 2 bridgehead atoms. The lowest BCUT2D eigenvalue weighted by Gasteiger charge is -2.41. The molecule has 108 valence electrons. The molecule has 2 heteroatoms. The van der Waals surface area contributed by atoms with Gasteiger partial charge in [-0.1, -0.05) is 51.1 Å². The molecule has 3 rings (SSSR count). The van der Waals surface area contributed by atoms with Crippen LogP contribution in [0.15, 0.2) is 30.3 Å². The average molecular weight is 272 g/mol. The van der Waals surface area contributed by atoms with Crippen LogP contribution in [-0.2, 0) is 14.9 Å². The lowest BCUT2D eigenvalue weighted by Crippen LogP contribution is -2.39. The maximum absolute atomic E-state index is 11.4. The molecule has 2 saturated carbocycles. The van der Waals surface area contributed by atoms with Gasteiger partial charge in [0.2, 0.25) is 0 Å². The van der Waals surface area contributed by atoms with E-state index in [1.54, 1.807) is 0 Å². The third kappa shape index (κ3) is 1.48. The molecule has 20 heavy (non-hydrogen) atoms. The first kappa shape index (κ1) is 13.7. The Morgan fingerprint density at radius 3 is 2.40 bits per heavy atom. The number of esters is 1. The van der Waals surface area contributed by atoms with E-state index < -0.39 is 0 Å². The van der Waals surface area contributed by atoms with Crippen molar-refractivity contribution < 1.29 is 9.53 Å². The molecular weight excluding hydrogens is 248 g/mol. The first-order chi connectivity index (χ1) is 9.33. The van der Waals surface area contributed by atoms with Crippen LogP contribution in [0.25, 0.3) is 0 Å². The smallest absolute Gasteiger partial charge is 0.302 e. The number of hydrogen-bond acceptors (Lipinski definition) is 2. The van der Waals surface area contributed by atoms with Gasteiger partial charge in [0.25, 0.3) is 0 Å². The highest BCUT2D eigenvalue weighted by atomic mass is 16.5. The fourth-order valence-electron chi connectivity index (χ4n) is 4.86. The van der Waals surface area contributed by atoms with Gasteiger partial charge in [0.05, 0.1) is 0 Å². The van der Waals surface area contributed by atoms with Crippen LogP contribution in [0.4, 0.5) is 0 Å². The Morgan fingerprint density at radius 2 is 1.80 bits per heavy atom. The van der Waals surface area contributed by atoms with E-state index in [1.165, 1.54) is 18.9 Å². The first-order valence-electron chi connectivity index (χ1n) is 7.56. The predicted molar refractivity (Wildman–Crippen MR) is 79.4 cm³/mol. The number of hydrogen-bond donors (Lipinski definition) is 0. The summed E-state index contributed by atoms with van der Waals surface area (Å²) in [5.74, 6) is -0.150. The molecule has 0 aromatic heterocycles. The Labute approximate surface area is 121 Å². The summed E-state index contributed by atoms with van der Waals surface area (Å²) in [6, 6.07) is 10.8. The molecule has 1 aromatic rings. The topological polar surface area (TPSA) is 26.3 Å². The largest absolute Gasteiger partial charge is 0.462 e. The van der Waals surface area contributed by atoms with Gasteiger partial charge in [0.15, 0.2) is 0 Å². The third-order valence-electron chi connectivity index (χ3n) is 6.57. The highest BCUT2D eigenvalue weighted by molar-refractivity contribution is 5.66. The molecule has 3 atom stereocenters. The molecule has 0 N–H and O–H groups in total. The maximum Gasteiger partial charge on any atom is 0.302 e. The van der Waals surface area contributed by atoms with Crippen LogP contribution in [0.3, 0.4) is 0 Å². The normalized spacial score (nSPS) is 37.9. The molecule has 0 radical (unpaired) electrons.